The average Bonchev–Trinajstić information content (AvgIpc) is 3.52. The minimum absolute atomic E-state index is 0.0399. The van der Waals surface area contributed by atoms with Crippen molar-refractivity contribution in [3.8, 4) is 0 Å². The zero-order valence-electron chi connectivity index (χ0n) is 18.2. The van der Waals surface area contributed by atoms with Crippen LogP contribution in [0.3, 0.4) is 0 Å². The van der Waals surface area contributed by atoms with Gasteiger partial charge >= 0.3 is 0 Å². The van der Waals surface area contributed by atoms with E-state index in [1.807, 2.05) is 11.8 Å². The number of carbonyl (C=O) groups excluding carboxylic acids is 2. The predicted octanol–water partition coefficient (Wildman–Crippen LogP) is 4.33. The molecule has 4 rings (SSSR count). The summed E-state index contributed by atoms with van der Waals surface area (Å²) in [5.74, 6) is -0.119. The van der Waals surface area contributed by atoms with Crippen LogP contribution in [0.2, 0.25) is 10.0 Å². The highest BCUT2D eigenvalue weighted by atomic mass is 35.5. The summed E-state index contributed by atoms with van der Waals surface area (Å²) in [6.45, 7) is 7.21. The highest BCUT2D eigenvalue weighted by Gasteiger charge is 2.44. The van der Waals surface area contributed by atoms with Gasteiger partial charge in [0, 0.05) is 25.7 Å². The van der Waals surface area contributed by atoms with Crippen molar-refractivity contribution < 1.29 is 9.59 Å². The van der Waals surface area contributed by atoms with Gasteiger partial charge in [-0.15, -0.1) is 0 Å². The number of carbonyl (C=O) groups is 2. The number of likely N-dealkylation sites (tertiary alicyclic amines) is 1. The van der Waals surface area contributed by atoms with Crippen LogP contribution in [0.25, 0.3) is 6.08 Å². The highest BCUT2D eigenvalue weighted by molar-refractivity contribution is 6.42. The lowest BCUT2D eigenvalue weighted by atomic mass is 9.94. The largest absolute Gasteiger partial charge is 0.339 e. The number of rotatable bonds is 6. The molecule has 7 heteroatoms. The molecule has 2 saturated heterocycles. The van der Waals surface area contributed by atoms with E-state index in [1.54, 1.807) is 29.2 Å². The first-order valence-corrected chi connectivity index (χ1v) is 12.1. The number of piperazine rings is 1. The Morgan fingerprint density at radius 1 is 1.06 bits per heavy atom. The molecule has 1 aromatic carbocycles. The lowest BCUT2D eigenvalue weighted by Crippen LogP contribution is -2.57. The molecule has 2 aliphatic heterocycles. The molecule has 0 aromatic heterocycles. The average molecular weight is 464 g/mol. The van der Waals surface area contributed by atoms with Gasteiger partial charge in [-0.1, -0.05) is 29.3 Å². The third-order valence-electron chi connectivity index (χ3n) is 7.17. The van der Waals surface area contributed by atoms with E-state index in [2.05, 4.69) is 4.90 Å². The molecule has 5 nitrogen and oxygen atoms in total. The summed E-state index contributed by atoms with van der Waals surface area (Å²) < 4.78 is 0. The number of benzene rings is 1. The molecule has 168 valence electrons. The molecule has 0 bridgehead atoms. The predicted molar refractivity (Wildman–Crippen MR) is 125 cm³/mol. The molecule has 3 aliphatic rings. The Kier molecular flexibility index (Phi) is 6.95. The van der Waals surface area contributed by atoms with Gasteiger partial charge in [0.25, 0.3) is 0 Å². The van der Waals surface area contributed by atoms with Crippen molar-refractivity contribution in [2.45, 2.75) is 45.1 Å². The summed E-state index contributed by atoms with van der Waals surface area (Å²) in [5.41, 5.74) is 1.50. The number of halogens is 2. The quantitative estimate of drug-likeness (QED) is 0.589. The van der Waals surface area contributed by atoms with Crippen molar-refractivity contribution in [1.29, 1.82) is 0 Å². The minimum atomic E-state index is -0.440. The van der Waals surface area contributed by atoms with Crippen molar-refractivity contribution in [3.05, 3.63) is 39.9 Å². The van der Waals surface area contributed by atoms with Crippen LogP contribution in [0.4, 0.5) is 0 Å². The fourth-order valence-corrected chi connectivity index (χ4v) is 5.05. The van der Waals surface area contributed by atoms with Gasteiger partial charge in [0.05, 0.1) is 10.0 Å². The third-order valence-corrected chi connectivity index (χ3v) is 7.91. The number of piperidine rings is 1. The van der Waals surface area contributed by atoms with Crippen LogP contribution in [-0.2, 0) is 9.59 Å². The van der Waals surface area contributed by atoms with E-state index >= 15 is 0 Å². The van der Waals surface area contributed by atoms with Gasteiger partial charge in [0.1, 0.15) is 6.04 Å². The van der Waals surface area contributed by atoms with Crippen LogP contribution in [0.1, 0.15) is 44.6 Å². The molecule has 3 fully saturated rings. The van der Waals surface area contributed by atoms with E-state index in [-0.39, 0.29) is 11.8 Å². The smallest absolute Gasteiger partial charge is 0.247 e. The minimum Gasteiger partial charge on any atom is -0.339 e. The second kappa shape index (κ2) is 9.51. The van der Waals surface area contributed by atoms with E-state index in [4.69, 9.17) is 23.2 Å². The van der Waals surface area contributed by atoms with Crippen LogP contribution in [0.5, 0.6) is 0 Å². The van der Waals surface area contributed by atoms with E-state index in [1.165, 1.54) is 44.8 Å². The fourth-order valence-electron chi connectivity index (χ4n) is 4.75. The fraction of sp³-hybridized carbons (Fsp3) is 0.583. The Balaban J connectivity index is 1.23. The molecule has 1 aromatic rings. The summed E-state index contributed by atoms with van der Waals surface area (Å²) in [6.07, 6.45) is 9.76. The molecular weight excluding hydrogens is 433 g/mol. The van der Waals surface area contributed by atoms with Crippen LogP contribution in [-0.4, -0.2) is 71.8 Å². The van der Waals surface area contributed by atoms with Crippen LogP contribution >= 0.6 is 23.2 Å². The highest BCUT2D eigenvalue weighted by Crippen LogP contribution is 2.53. The van der Waals surface area contributed by atoms with Gasteiger partial charge in [0.15, 0.2) is 0 Å². The normalized spacial score (nSPS) is 23.7. The molecular formula is C24H31Cl2N3O2. The van der Waals surface area contributed by atoms with Gasteiger partial charge in [-0.05, 0) is 87.8 Å². The molecule has 1 atom stereocenters. The van der Waals surface area contributed by atoms with Crippen molar-refractivity contribution in [2.75, 3.05) is 39.3 Å². The van der Waals surface area contributed by atoms with Gasteiger partial charge < -0.3 is 14.7 Å². The molecule has 0 N–H and O–H groups in total. The van der Waals surface area contributed by atoms with Gasteiger partial charge in [-0.3, -0.25) is 9.59 Å². The lowest BCUT2D eigenvalue weighted by Gasteiger charge is -2.39. The van der Waals surface area contributed by atoms with E-state index in [0.717, 1.165) is 25.1 Å². The zero-order chi connectivity index (χ0) is 22.0. The molecule has 31 heavy (non-hydrogen) atoms. The SMILES string of the molecule is CC1C(=O)N(CCCN2CCC3(CC2)CC3)CCN1C(=O)/C=C/c1ccc(Cl)c(Cl)c1. The van der Waals surface area contributed by atoms with Gasteiger partial charge in [-0.2, -0.15) is 0 Å². The van der Waals surface area contributed by atoms with Gasteiger partial charge in [0.2, 0.25) is 11.8 Å². The Morgan fingerprint density at radius 2 is 1.81 bits per heavy atom. The summed E-state index contributed by atoms with van der Waals surface area (Å²) in [6, 6.07) is 4.78. The van der Waals surface area contributed by atoms with Crippen molar-refractivity contribution in [1.82, 2.24) is 14.7 Å². The molecule has 0 radical (unpaired) electrons. The summed E-state index contributed by atoms with van der Waals surface area (Å²) in [5, 5.41) is 0.928. The maximum Gasteiger partial charge on any atom is 0.247 e. The zero-order valence-corrected chi connectivity index (χ0v) is 19.7. The Morgan fingerprint density at radius 3 is 2.48 bits per heavy atom. The summed E-state index contributed by atoms with van der Waals surface area (Å²) in [4.78, 5) is 31.6. The second-order valence-electron chi connectivity index (χ2n) is 9.23. The summed E-state index contributed by atoms with van der Waals surface area (Å²) in [7, 11) is 0. The Bertz CT molecular complexity index is 858. The molecule has 1 saturated carbocycles. The van der Waals surface area contributed by atoms with E-state index in [0.29, 0.717) is 28.5 Å². The number of hydrogen-bond donors (Lipinski definition) is 0. The standard InChI is InChI=1S/C24H31Cl2N3O2/c1-18-23(31)28(12-2-11-27-13-9-24(7-8-24)10-14-27)15-16-29(18)22(30)6-4-19-3-5-20(25)21(26)17-19/h3-6,17-18H,2,7-16H2,1H3/b6-4+. The van der Waals surface area contributed by atoms with E-state index < -0.39 is 6.04 Å². The van der Waals surface area contributed by atoms with E-state index in [9.17, 15) is 9.59 Å². The molecule has 2 amide bonds. The molecule has 1 unspecified atom stereocenters. The Labute approximate surface area is 195 Å². The maximum atomic E-state index is 12.8. The number of amides is 2. The first kappa shape index (κ1) is 22.6. The first-order chi connectivity index (χ1) is 14.9. The number of hydrogen-bond acceptors (Lipinski definition) is 3. The monoisotopic (exact) mass is 463 g/mol. The topological polar surface area (TPSA) is 43.9 Å². The van der Waals surface area contributed by atoms with Gasteiger partial charge in [-0.25, -0.2) is 0 Å². The second-order valence-corrected chi connectivity index (χ2v) is 10.0. The van der Waals surface area contributed by atoms with Crippen LogP contribution in [0.15, 0.2) is 24.3 Å². The van der Waals surface area contributed by atoms with Crippen LogP contribution < -0.4 is 0 Å². The van der Waals surface area contributed by atoms with Crippen LogP contribution in [0, 0.1) is 5.41 Å². The third kappa shape index (κ3) is 5.44. The Hall–Kier alpha value is -1.56. The van der Waals surface area contributed by atoms with Crippen molar-refractivity contribution in [3.63, 3.8) is 0 Å². The van der Waals surface area contributed by atoms with Crippen molar-refractivity contribution >= 4 is 41.1 Å². The number of nitrogens with zero attached hydrogens (tertiary/aromatic N) is 3. The van der Waals surface area contributed by atoms with Crippen molar-refractivity contribution in [2.24, 2.45) is 5.41 Å². The summed E-state index contributed by atoms with van der Waals surface area (Å²) >= 11 is 12.0. The lowest BCUT2D eigenvalue weighted by molar-refractivity contribution is -0.148. The first-order valence-electron chi connectivity index (χ1n) is 11.3. The molecule has 1 aliphatic carbocycles. The molecule has 1 spiro atoms. The molecule has 2 heterocycles. The maximum absolute atomic E-state index is 12.8.